The van der Waals surface area contributed by atoms with Crippen molar-refractivity contribution in [3.8, 4) is 0 Å². The topological polar surface area (TPSA) is 38.0 Å². The molecular formula is C21H26Cl2N2. The molecule has 2 nitrogen and oxygen atoms in total. The van der Waals surface area contributed by atoms with Crippen LogP contribution in [-0.4, -0.2) is 12.6 Å². The van der Waals surface area contributed by atoms with Crippen LogP contribution in [0.1, 0.15) is 44.2 Å². The highest BCUT2D eigenvalue weighted by molar-refractivity contribution is 6.30. The van der Waals surface area contributed by atoms with E-state index in [0.717, 1.165) is 28.6 Å². The Hall–Kier alpha value is -1.06. The lowest BCUT2D eigenvalue weighted by molar-refractivity contribution is 0.251. The maximum Gasteiger partial charge on any atom is 0.0646 e. The van der Waals surface area contributed by atoms with E-state index in [4.69, 9.17) is 28.9 Å². The first-order valence-corrected chi connectivity index (χ1v) is 9.49. The van der Waals surface area contributed by atoms with Crippen LogP contribution in [0.25, 0.3) is 0 Å². The van der Waals surface area contributed by atoms with Gasteiger partial charge < -0.3 is 11.1 Å². The lowest BCUT2D eigenvalue weighted by Gasteiger charge is -2.39. The minimum atomic E-state index is -0.511. The van der Waals surface area contributed by atoms with Gasteiger partial charge in [0.2, 0.25) is 0 Å². The first-order chi connectivity index (χ1) is 11.7. The molecule has 0 amide bonds. The van der Waals surface area contributed by atoms with Gasteiger partial charge >= 0.3 is 0 Å². The Bertz CT molecular complexity index is 736. The predicted molar refractivity (Wildman–Crippen MR) is 107 cm³/mol. The van der Waals surface area contributed by atoms with Gasteiger partial charge in [-0.1, -0.05) is 68.2 Å². The van der Waals surface area contributed by atoms with Crippen LogP contribution in [0.15, 0.2) is 48.5 Å². The molecule has 1 saturated heterocycles. The third kappa shape index (κ3) is 3.88. The fourth-order valence-corrected chi connectivity index (χ4v) is 4.28. The molecule has 3 N–H and O–H groups in total. The third-order valence-corrected chi connectivity index (χ3v) is 5.62. The second-order valence-corrected chi connectivity index (χ2v) is 9.15. The largest absolute Gasteiger partial charge is 0.320 e. The summed E-state index contributed by atoms with van der Waals surface area (Å²) in [6, 6.07) is 16.2. The van der Waals surface area contributed by atoms with Gasteiger partial charge in [-0.05, 0) is 47.2 Å². The smallest absolute Gasteiger partial charge is 0.0646 e. The summed E-state index contributed by atoms with van der Waals surface area (Å²) in [5.74, 6) is 0.153. The number of benzene rings is 2. The number of halogens is 2. The molecule has 3 atom stereocenters. The molecule has 134 valence electrons. The van der Waals surface area contributed by atoms with Crippen LogP contribution >= 0.6 is 23.2 Å². The van der Waals surface area contributed by atoms with Gasteiger partial charge in [-0.2, -0.15) is 0 Å². The molecule has 1 heterocycles. The predicted octanol–water partition coefficient (Wildman–Crippen LogP) is 5.34. The Morgan fingerprint density at radius 3 is 2.36 bits per heavy atom. The van der Waals surface area contributed by atoms with E-state index in [1.54, 1.807) is 0 Å². The molecule has 2 aromatic rings. The first kappa shape index (κ1) is 18.7. The highest BCUT2D eigenvalue weighted by Crippen LogP contribution is 2.45. The summed E-state index contributed by atoms with van der Waals surface area (Å²) in [6.07, 6.45) is 0.989. The third-order valence-electron chi connectivity index (χ3n) is 5.13. The van der Waals surface area contributed by atoms with Crippen LogP contribution in [0.2, 0.25) is 10.0 Å². The van der Waals surface area contributed by atoms with Crippen molar-refractivity contribution in [1.29, 1.82) is 0 Å². The van der Waals surface area contributed by atoms with Crippen molar-refractivity contribution in [2.75, 3.05) is 6.54 Å². The fraction of sp³-hybridized carbons (Fsp3) is 0.429. The maximum atomic E-state index is 7.16. The lowest BCUT2D eigenvalue weighted by atomic mass is 9.70. The van der Waals surface area contributed by atoms with Crippen molar-refractivity contribution < 1.29 is 0 Å². The average Bonchev–Trinajstić information content (AvgIpc) is 2.84. The molecule has 25 heavy (non-hydrogen) atoms. The summed E-state index contributed by atoms with van der Waals surface area (Å²) in [6.45, 7) is 7.59. The van der Waals surface area contributed by atoms with Crippen LogP contribution < -0.4 is 11.1 Å². The molecule has 1 aliphatic rings. The standard InChI is InChI=1S/C21H26Cl2N2/c1-20(2,3)12-19-21(24,15-7-9-16(22)10-8-15)18(13-25-19)14-5-4-6-17(23)11-14/h4-11,18-19,25H,12-13,24H2,1-3H3/t18?,19?,21-/m0/s1. The molecule has 1 aliphatic heterocycles. The van der Waals surface area contributed by atoms with Crippen LogP contribution in [-0.2, 0) is 5.54 Å². The Kier molecular flexibility index (Phi) is 5.18. The zero-order valence-electron chi connectivity index (χ0n) is 15.0. The van der Waals surface area contributed by atoms with E-state index < -0.39 is 5.54 Å². The van der Waals surface area contributed by atoms with Gasteiger partial charge in [0.25, 0.3) is 0 Å². The normalized spacial score (nSPS) is 26.8. The van der Waals surface area contributed by atoms with Crippen LogP contribution in [0, 0.1) is 5.41 Å². The Balaban J connectivity index is 2.07. The first-order valence-electron chi connectivity index (χ1n) is 8.74. The molecule has 3 rings (SSSR count). The molecule has 0 spiro atoms. The Morgan fingerprint density at radius 1 is 1.08 bits per heavy atom. The van der Waals surface area contributed by atoms with Crippen LogP contribution in [0.3, 0.4) is 0 Å². The minimum Gasteiger partial charge on any atom is -0.320 e. The molecule has 2 aromatic carbocycles. The molecule has 0 saturated carbocycles. The molecule has 0 radical (unpaired) electrons. The number of nitrogens with two attached hydrogens (primary N) is 1. The van der Waals surface area contributed by atoms with Gasteiger partial charge in [0.1, 0.15) is 0 Å². The van der Waals surface area contributed by atoms with Crippen molar-refractivity contribution in [3.05, 3.63) is 69.7 Å². The van der Waals surface area contributed by atoms with Crippen molar-refractivity contribution >= 4 is 23.2 Å². The van der Waals surface area contributed by atoms with E-state index in [1.807, 2.05) is 30.3 Å². The molecule has 0 bridgehead atoms. The van der Waals surface area contributed by atoms with E-state index in [2.05, 4.69) is 44.3 Å². The van der Waals surface area contributed by atoms with Crippen LogP contribution in [0.4, 0.5) is 0 Å². The molecule has 0 aromatic heterocycles. The number of hydrogen-bond acceptors (Lipinski definition) is 2. The average molecular weight is 377 g/mol. The van der Waals surface area contributed by atoms with E-state index in [9.17, 15) is 0 Å². The highest BCUT2D eigenvalue weighted by Gasteiger charge is 2.49. The molecule has 2 unspecified atom stereocenters. The number of nitrogens with one attached hydrogen (secondary N) is 1. The van der Waals surface area contributed by atoms with Crippen LogP contribution in [0.5, 0.6) is 0 Å². The fourth-order valence-electron chi connectivity index (χ4n) is 3.95. The molecule has 0 aliphatic carbocycles. The van der Waals surface area contributed by atoms with Gasteiger partial charge in [0.15, 0.2) is 0 Å². The monoisotopic (exact) mass is 376 g/mol. The second kappa shape index (κ2) is 6.92. The number of hydrogen-bond donors (Lipinski definition) is 2. The van der Waals surface area contributed by atoms with Crippen molar-refractivity contribution in [2.45, 2.75) is 44.7 Å². The Morgan fingerprint density at radius 2 is 1.76 bits per heavy atom. The molecular weight excluding hydrogens is 351 g/mol. The van der Waals surface area contributed by atoms with E-state index in [1.165, 1.54) is 5.56 Å². The summed E-state index contributed by atoms with van der Waals surface area (Å²) in [5, 5.41) is 5.16. The van der Waals surface area contributed by atoms with Gasteiger partial charge in [0.05, 0.1) is 5.54 Å². The summed E-state index contributed by atoms with van der Waals surface area (Å²) in [4.78, 5) is 0. The minimum absolute atomic E-state index is 0.153. The van der Waals surface area contributed by atoms with Crippen molar-refractivity contribution in [2.24, 2.45) is 11.1 Å². The zero-order valence-corrected chi connectivity index (χ0v) is 16.5. The van der Waals surface area contributed by atoms with Gasteiger partial charge in [-0.25, -0.2) is 0 Å². The number of rotatable bonds is 3. The van der Waals surface area contributed by atoms with Crippen molar-refractivity contribution in [1.82, 2.24) is 5.32 Å². The van der Waals surface area contributed by atoms with Gasteiger partial charge in [-0.15, -0.1) is 0 Å². The highest BCUT2D eigenvalue weighted by atomic mass is 35.5. The van der Waals surface area contributed by atoms with E-state index in [0.29, 0.717) is 0 Å². The zero-order chi connectivity index (χ0) is 18.2. The summed E-state index contributed by atoms with van der Waals surface area (Å²) >= 11 is 12.4. The Labute approximate surface area is 160 Å². The SMILES string of the molecule is CC(C)(C)CC1NCC(c2cccc(Cl)c2)[C@@]1(N)c1ccc(Cl)cc1. The quantitative estimate of drug-likeness (QED) is 0.758. The van der Waals surface area contributed by atoms with Gasteiger partial charge in [-0.3, -0.25) is 0 Å². The maximum absolute atomic E-state index is 7.16. The molecule has 1 fully saturated rings. The van der Waals surface area contributed by atoms with Crippen molar-refractivity contribution in [3.63, 3.8) is 0 Å². The summed E-state index contributed by atoms with van der Waals surface area (Å²) in [5.41, 5.74) is 9.11. The molecule has 4 heteroatoms. The lowest BCUT2D eigenvalue weighted by Crippen LogP contribution is -2.51. The summed E-state index contributed by atoms with van der Waals surface area (Å²) < 4.78 is 0. The van der Waals surface area contributed by atoms with E-state index >= 15 is 0 Å². The second-order valence-electron chi connectivity index (χ2n) is 8.27. The summed E-state index contributed by atoms with van der Waals surface area (Å²) in [7, 11) is 0. The van der Waals surface area contributed by atoms with Gasteiger partial charge in [0, 0.05) is 28.5 Å². The van der Waals surface area contributed by atoms with E-state index in [-0.39, 0.29) is 17.4 Å².